The minimum atomic E-state index is 0.282. The van der Waals surface area contributed by atoms with E-state index in [1.165, 1.54) is 47.8 Å². The molecule has 1 unspecified atom stereocenters. The van der Waals surface area contributed by atoms with E-state index in [4.69, 9.17) is 19.4 Å². The highest BCUT2D eigenvalue weighted by Gasteiger charge is 2.26. The number of furan rings is 1. The van der Waals surface area contributed by atoms with Crippen LogP contribution < -0.4 is 0 Å². The highest BCUT2D eigenvalue weighted by Crippen LogP contribution is 2.45. The molecule has 0 bridgehead atoms. The van der Waals surface area contributed by atoms with Crippen LogP contribution >= 0.6 is 11.3 Å². The number of fused-ring (bicyclic) bond motifs is 8. The molecule has 272 valence electrons. The highest BCUT2D eigenvalue weighted by molar-refractivity contribution is 7.25. The summed E-state index contributed by atoms with van der Waals surface area (Å²) in [6.45, 7) is 0. The summed E-state index contributed by atoms with van der Waals surface area (Å²) < 4.78 is 9.15. The van der Waals surface area contributed by atoms with Crippen molar-refractivity contribution in [3.05, 3.63) is 204 Å². The lowest BCUT2D eigenvalue weighted by atomic mass is 9.77. The van der Waals surface area contributed by atoms with Crippen molar-refractivity contribution < 1.29 is 4.42 Å². The van der Waals surface area contributed by atoms with Crippen LogP contribution in [0.1, 0.15) is 34.6 Å². The van der Waals surface area contributed by atoms with E-state index < -0.39 is 0 Å². The van der Waals surface area contributed by atoms with Crippen molar-refractivity contribution in [3.63, 3.8) is 0 Å². The van der Waals surface area contributed by atoms with Crippen LogP contribution in [-0.4, -0.2) is 15.0 Å². The van der Waals surface area contributed by atoms with Crippen molar-refractivity contribution in [3.8, 4) is 34.2 Å². The lowest BCUT2D eigenvalue weighted by Gasteiger charge is -2.26. The van der Waals surface area contributed by atoms with E-state index in [0.29, 0.717) is 17.5 Å². The van der Waals surface area contributed by atoms with Gasteiger partial charge in [-0.1, -0.05) is 146 Å². The Balaban J connectivity index is 1.10. The molecule has 3 heterocycles. The molecule has 0 amide bonds. The maximum absolute atomic E-state index is 6.68. The third-order valence-corrected chi connectivity index (χ3v) is 12.8. The van der Waals surface area contributed by atoms with Gasteiger partial charge in [0.1, 0.15) is 11.2 Å². The Kier molecular flexibility index (Phi) is 7.50. The van der Waals surface area contributed by atoms with E-state index in [1.54, 1.807) is 11.3 Å². The van der Waals surface area contributed by atoms with Gasteiger partial charge in [-0.15, -0.1) is 11.3 Å². The second-order valence-corrected chi connectivity index (χ2v) is 16.2. The van der Waals surface area contributed by atoms with Crippen molar-refractivity contribution >= 4 is 69.8 Å². The van der Waals surface area contributed by atoms with Crippen molar-refractivity contribution in [1.82, 2.24) is 15.0 Å². The lowest BCUT2D eigenvalue weighted by Crippen LogP contribution is -2.09. The Labute approximate surface area is 338 Å². The first-order valence-corrected chi connectivity index (χ1v) is 20.5. The summed E-state index contributed by atoms with van der Waals surface area (Å²) in [4.78, 5) is 15.9. The Morgan fingerprint density at radius 1 is 0.466 bits per heavy atom. The monoisotopic (exact) mass is 759 g/mol. The van der Waals surface area contributed by atoms with Gasteiger partial charge in [0.2, 0.25) is 0 Å². The number of thiophene rings is 1. The molecule has 8 aromatic carbocycles. The number of nitrogens with zero attached hydrogens (tertiary/aromatic N) is 3. The van der Waals surface area contributed by atoms with Gasteiger partial charge in [0.15, 0.2) is 17.5 Å². The molecule has 1 aliphatic carbocycles. The fourth-order valence-electron chi connectivity index (χ4n) is 8.93. The van der Waals surface area contributed by atoms with Crippen LogP contribution in [-0.2, 0) is 0 Å². The molecule has 1 atom stereocenters. The first-order valence-electron chi connectivity index (χ1n) is 19.7. The number of allylic oxidation sites excluding steroid dienone is 1. The van der Waals surface area contributed by atoms with Crippen LogP contribution in [0.2, 0.25) is 0 Å². The average molecular weight is 760 g/mol. The van der Waals surface area contributed by atoms with Gasteiger partial charge in [-0.05, 0) is 81.4 Å². The van der Waals surface area contributed by atoms with Crippen LogP contribution in [0.5, 0.6) is 0 Å². The van der Waals surface area contributed by atoms with Crippen LogP contribution in [0.25, 0.3) is 92.6 Å². The van der Waals surface area contributed by atoms with Crippen LogP contribution in [0.15, 0.2) is 186 Å². The summed E-state index contributed by atoms with van der Waals surface area (Å²) in [7, 11) is 0. The minimum absolute atomic E-state index is 0.282. The van der Waals surface area contributed by atoms with Gasteiger partial charge in [0, 0.05) is 53.6 Å². The molecule has 0 aliphatic heterocycles. The normalized spacial score (nSPS) is 14.1. The Bertz CT molecular complexity index is 3450. The van der Waals surface area contributed by atoms with Crippen LogP contribution in [0, 0.1) is 0 Å². The number of aromatic nitrogens is 3. The van der Waals surface area contributed by atoms with Crippen molar-refractivity contribution in [2.45, 2.75) is 12.3 Å². The molecule has 0 N–H and O–H groups in total. The zero-order chi connectivity index (χ0) is 38.2. The van der Waals surface area contributed by atoms with E-state index in [0.717, 1.165) is 56.0 Å². The molecular weight excluding hydrogens is 727 g/mol. The minimum Gasteiger partial charge on any atom is -0.456 e. The van der Waals surface area contributed by atoms with Gasteiger partial charge in [-0.2, -0.15) is 0 Å². The predicted octanol–water partition coefficient (Wildman–Crippen LogP) is 14.3. The third kappa shape index (κ3) is 5.39. The van der Waals surface area contributed by atoms with Crippen molar-refractivity contribution in [2.75, 3.05) is 0 Å². The average Bonchev–Trinajstić information content (AvgIpc) is 3.86. The third-order valence-electron chi connectivity index (χ3n) is 11.7. The molecule has 1 aliphatic rings. The molecule has 0 spiro atoms. The molecule has 12 rings (SSSR count). The Morgan fingerprint density at radius 2 is 1.16 bits per heavy atom. The van der Waals surface area contributed by atoms with E-state index >= 15 is 0 Å². The summed E-state index contributed by atoms with van der Waals surface area (Å²) in [6, 6.07) is 62.4. The summed E-state index contributed by atoms with van der Waals surface area (Å²) in [6.07, 6.45) is 3.29. The molecule has 0 saturated carbocycles. The molecule has 0 saturated heterocycles. The number of benzene rings is 8. The Hall–Kier alpha value is -7.21. The zero-order valence-electron chi connectivity index (χ0n) is 31.3. The number of rotatable bonds is 5. The van der Waals surface area contributed by atoms with E-state index in [1.807, 2.05) is 12.1 Å². The van der Waals surface area contributed by atoms with Gasteiger partial charge in [0.05, 0.1) is 0 Å². The molecule has 3 aromatic heterocycles. The standard InChI is InChI=1S/C53H33N3OS/c1-2-13-33(14-3-1)38-26-27-39(41-17-7-6-16-40(38)41)37-29-45(50-44-19-8-10-20-46(44)57-47(50)30-37)53-55-51(35-23-22-32-12-4-5-15-34(32)28-35)54-52(56-53)36-24-25-43-42-18-9-11-21-48(42)58-49(43)31-36/h1-25,27-31,38H,26H2. The quantitative estimate of drug-likeness (QED) is 0.175. The van der Waals surface area contributed by atoms with E-state index in [-0.39, 0.29) is 5.92 Å². The SMILES string of the molecule is C1=C(c2cc(-c3nc(-c4ccc5ccccc5c4)nc(-c4ccc5c(c4)sc4ccccc45)n3)c3c(c2)oc2ccccc23)c2ccccc2C(c2ccccc2)C1. The van der Waals surface area contributed by atoms with Gasteiger partial charge in [0.25, 0.3) is 0 Å². The van der Waals surface area contributed by atoms with Gasteiger partial charge in [-0.3, -0.25) is 0 Å². The van der Waals surface area contributed by atoms with Crippen molar-refractivity contribution in [2.24, 2.45) is 0 Å². The predicted molar refractivity (Wildman–Crippen MR) is 240 cm³/mol. The largest absolute Gasteiger partial charge is 0.456 e. The number of hydrogen-bond acceptors (Lipinski definition) is 5. The first kappa shape index (κ1) is 33.0. The summed E-state index contributed by atoms with van der Waals surface area (Å²) in [5.41, 5.74) is 10.6. The molecule has 0 fully saturated rings. The topological polar surface area (TPSA) is 51.8 Å². The lowest BCUT2D eigenvalue weighted by molar-refractivity contribution is 0.669. The van der Waals surface area contributed by atoms with Gasteiger partial charge in [-0.25, -0.2) is 15.0 Å². The highest BCUT2D eigenvalue weighted by atomic mass is 32.1. The molecule has 0 radical (unpaired) electrons. The van der Waals surface area contributed by atoms with Crippen LogP contribution in [0.3, 0.4) is 0 Å². The summed E-state index contributed by atoms with van der Waals surface area (Å²) in [5.74, 6) is 2.15. The smallest absolute Gasteiger partial charge is 0.164 e. The molecule has 4 nitrogen and oxygen atoms in total. The molecule has 11 aromatic rings. The van der Waals surface area contributed by atoms with Gasteiger partial charge < -0.3 is 4.42 Å². The second-order valence-electron chi connectivity index (χ2n) is 15.1. The van der Waals surface area contributed by atoms with Crippen molar-refractivity contribution in [1.29, 1.82) is 0 Å². The van der Waals surface area contributed by atoms with E-state index in [2.05, 4.69) is 170 Å². The first-order chi connectivity index (χ1) is 28.7. The maximum atomic E-state index is 6.68. The van der Waals surface area contributed by atoms with Crippen LogP contribution in [0.4, 0.5) is 0 Å². The summed E-state index contributed by atoms with van der Waals surface area (Å²) >= 11 is 1.80. The maximum Gasteiger partial charge on any atom is 0.164 e. The molecular formula is C53H33N3OS. The fraction of sp³-hybridized carbons (Fsp3) is 0.0377. The zero-order valence-corrected chi connectivity index (χ0v) is 32.1. The Morgan fingerprint density at radius 3 is 2.05 bits per heavy atom. The fourth-order valence-corrected chi connectivity index (χ4v) is 10.1. The van der Waals surface area contributed by atoms with E-state index in [9.17, 15) is 0 Å². The number of para-hydroxylation sites is 1. The second kappa shape index (κ2) is 13.2. The number of hydrogen-bond donors (Lipinski definition) is 0. The summed E-state index contributed by atoms with van der Waals surface area (Å²) in [5, 5.41) is 6.84. The molecule has 5 heteroatoms. The molecule has 58 heavy (non-hydrogen) atoms. The van der Waals surface area contributed by atoms with Gasteiger partial charge >= 0.3 is 0 Å².